The maximum Gasteiger partial charge on any atom is 0.241 e. The number of carbonyl (C=O) groups is 1. The van der Waals surface area contributed by atoms with Crippen LogP contribution in [0.1, 0.15) is 6.92 Å². The Labute approximate surface area is 177 Å². The molecule has 7 nitrogen and oxygen atoms in total. The lowest BCUT2D eigenvalue weighted by Crippen LogP contribution is -2.46. The van der Waals surface area contributed by atoms with Gasteiger partial charge >= 0.3 is 0 Å². The fourth-order valence-corrected chi connectivity index (χ4v) is 3.66. The molecule has 0 bridgehead atoms. The second-order valence-electron chi connectivity index (χ2n) is 7.75. The highest BCUT2D eigenvalue weighted by Gasteiger charge is 2.26. The number of nitrogens with one attached hydrogen (secondary N) is 1. The monoisotopic (exact) mass is 411 g/mol. The Kier molecular flexibility index (Phi) is 6.40. The first-order valence-corrected chi connectivity index (χ1v) is 10.4. The fourth-order valence-electron chi connectivity index (χ4n) is 3.66. The van der Waals surface area contributed by atoms with Gasteiger partial charge in [-0.05, 0) is 50.4 Å². The zero-order valence-electron chi connectivity index (χ0n) is 17.5. The third-order valence-electron chi connectivity index (χ3n) is 5.61. The van der Waals surface area contributed by atoms with Gasteiger partial charge in [-0.3, -0.25) is 9.69 Å². The first-order valence-electron chi connectivity index (χ1n) is 10.4. The molecule has 4 rings (SSSR count). The van der Waals surface area contributed by atoms with Gasteiger partial charge in [0.25, 0.3) is 0 Å². The number of rotatable bonds is 6. The van der Waals surface area contributed by atoms with Gasteiger partial charge in [0, 0.05) is 31.0 Å². The molecule has 2 aromatic carbocycles. The van der Waals surface area contributed by atoms with Crippen LogP contribution >= 0.6 is 0 Å². The van der Waals surface area contributed by atoms with Crippen molar-refractivity contribution in [2.24, 2.45) is 0 Å². The van der Waals surface area contributed by atoms with Crippen molar-refractivity contribution in [3.63, 3.8) is 0 Å². The molecule has 1 N–H and O–H groups in total. The summed E-state index contributed by atoms with van der Waals surface area (Å²) < 4.78 is 17.2. The lowest BCUT2D eigenvalue weighted by molar-refractivity contribution is -0.120. The Balaban J connectivity index is 1.29. The lowest BCUT2D eigenvalue weighted by Gasteiger charge is -2.31. The Hall–Kier alpha value is -2.77. The number of anilines is 2. The molecule has 30 heavy (non-hydrogen) atoms. The van der Waals surface area contributed by atoms with Crippen molar-refractivity contribution in [1.29, 1.82) is 0 Å². The van der Waals surface area contributed by atoms with Crippen LogP contribution in [0.5, 0.6) is 11.5 Å². The van der Waals surface area contributed by atoms with Crippen LogP contribution in [0, 0.1) is 0 Å². The van der Waals surface area contributed by atoms with Crippen molar-refractivity contribution in [2.75, 3.05) is 56.7 Å². The maximum atomic E-state index is 12.7. The van der Waals surface area contributed by atoms with Gasteiger partial charge in [-0.15, -0.1) is 0 Å². The average molecular weight is 412 g/mol. The van der Waals surface area contributed by atoms with Gasteiger partial charge in [0.1, 0.15) is 12.7 Å². The first-order chi connectivity index (χ1) is 14.6. The number of amides is 1. The Morgan fingerprint density at radius 3 is 2.57 bits per heavy atom. The van der Waals surface area contributed by atoms with Gasteiger partial charge in [-0.2, -0.15) is 0 Å². The molecule has 0 spiro atoms. The third-order valence-corrected chi connectivity index (χ3v) is 5.61. The van der Waals surface area contributed by atoms with E-state index in [1.807, 2.05) is 67.4 Å². The van der Waals surface area contributed by atoms with Crippen molar-refractivity contribution in [3.8, 4) is 11.5 Å². The summed E-state index contributed by atoms with van der Waals surface area (Å²) in [7, 11) is 1.93. The highest BCUT2D eigenvalue weighted by Crippen LogP contribution is 2.31. The number of benzene rings is 2. The topological polar surface area (TPSA) is 63.3 Å². The summed E-state index contributed by atoms with van der Waals surface area (Å²) in [5.74, 6) is 1.47. The van der Waals surface area contributed by atoms with E-state index < -0.39 is 0 Å². The molecule has 0 aromatic heterocycles. The molecule has 7 heteroatoms. The molecule has 2 aliphatic rings. The Morgan fingerprint density at radius 1 is 1.13 bits per heavy atom. The van der Waals surface area contributed by atoms with Crippen molar-refractivity contribution >= 4 is 17.3 Å². The normalized spacial score (nSPS) is 19.4. The second-order valence-corrected chi connectivity index (χ2v) is 7.75. The SMILES string of the molecule is C[C@@H](C(=O)Nc1ccc(N2CCOCC2)cc1)N(C)C[C@H]1COc2ccccc2O1. The molecule has 0 unspecified atom stereocenters. The van der Waals surface area contributed by atoms with Crippen molar-refractivity contribution in [1.82, 2.24) is 4.90 Å². The van der Waals surface area contributed by atoms with Gasteiger partial charge in [0.15, 0.2) is 11.5 Å². The highest BCUT2D eigenvalue weighted by molar-refractivity contribution is 5.94. The molecule has 1 saturated heterocycles. The molecule has 0 radical (unpaired) electrons. The molecule has 0 saturated carbocycles. The minimum Gasteiger partial charge on any atom is -0.486 e. The van der Waals surface area contributed by atoms with Crippen molar-refractivity contribution < 1.29 is 19.0 Å². The number of hydrogen-bond acceptors (Lipinski definition) is 6. The predicted molar refractivity (Wildman–Crippen MR) is 117 cm³/mol. The highest BCUT2D eigenvalue weighted by atomic mass is 16.6. The quantitative estimate of drug-likeness (QED) is 0.789. The Morgan fingerprint density at radius 2 is 1.83 bits per heavy atom. The number of nitrogens with zero attached hydrogens (tertiary/aromatic N) is 2. The zero-order chi connectivity index (χ0) is 20.9. The number of hydrogen-bond donors (Lipinski definition) is 1. The van der Waals surface area contributed by atoms with Crippen LogP contribution < -0.4 is 19.7 Å². The minimum absolute atomic E-state index is 0.0475. The van der Waals surface area contributed by atoms with Crippen molar-refractivity contribution in [3.05, 3.63) is 48.5 Å². The van der Waals surface area contributed by atoms with Crippen LogP contribution in [0.3, 0.4) is 0 Å². The number of para-hydroxylation sites is 2. The van der Waals surface area contributed by atoms with E-state index in [1.54, 1.807) is 0 Å². The van der Waals surface area contributed by atoms with Crippen LogP contribution in [0.2, 0.25) is 0 Å². The molecular formula is C23H29N3O4. The maximum absolute atomic E-state index is 12.7. The molecule has 1 amide bonds. The molecule has 2 aromatic rings. The van der Waals surface area contributed by atoms with E-state index in [0.29, 0.717) is 13.2 Å². The molecule has 2 heterocycles. The summed E-state index contributed by atoms with van der Waals surface area (Å²) in [6, 6.07) is 15.3. The van der Waals surface area contributed by atoms with Gasteiger partial charge in [0.2, 0.25) is 5.91 Å². The Bertz CT molecular complexity index is 852. The van der Waals surface area contributed by atoms with E-state index in [1.165, 1.54) is 0 Å². The van der Waals surface area contributed by atoms with Crippen LogP contribution in [-0.4, -0.2) is 69.5 Å². The second kappa shape index (κ2) is 9.36. The smallest absolute Gasteiger partial charge is 0.241 e. The number of carbonyl (C=O) groups excluding carboxylic acids is 1. The number of likely N-dealkylation sites (N-methyl/N-ethyl adjacent to an activating group) is 1. The number of morpholine rings is 1. The standard InChI is InChI=1S/C23H29N3O4/c1-17(25(2)15-20-16-29-21-5-3-4-6-22(21)30-20)23(27)24-18-7-9-19(10-8-18)26-11-13-28-14-12-26/h3-10,17,20H,11-16H2,1-2H3,(H,24,27)/t17-,20-/m0/s1. The number of fused-ring (bicyclic) bond motifs is 1. The van der Waals surface area contributed by atoms with Crippen LogP contribution in [0.15, 0.2) is 48.5 Å². The van der Waals surface area contributed by atoms with Gasteiger partial charge in [0.05, 0.1) is 19.3 Å². The summed E-state index contributed by atoms with van der Waals surface area (Å²) >= 11 is 0. The molecule has 2 aliphatic heterocycles. The molecule has 160 valence electrons. The van der Waals surface area contributed by atoms with Crippen LogP contribution in [0.25, 0.3) is 0 Å². The van der Waals surface area contributed by atoms with Gasteiger partial charge in [-0.25, -0.2) is 0 Å². The zero-order valence-corrected chi connectivity index (χ0v) is 17.5. The van der Waals surface area contributed by atoms with Gasteiger partial charge in [-0.1, -0.05) is 12.1 Å². The van der Waals surface area contributed by atoms with Crippen LogP contribution in [-0.2, 0) is 9.53 Å². The average Bonchev–Trinajstić information content (AvgIpc) is 2.79. The minimum atomic E-state index is -0.301. The summed E-state index contributed by atoms with van der Waals surface area (Å²) in [4.78, 5) is 17.0. The van der Waals surface area contributed by atoms with Crippen LogP contribution in [0.4, 0.5) is 11.4 Å². The fraction of sp³-hybridized carbons (Fsp3) is 0.435. The van der Waals surface area contributed by atoms with E-state index >= 15 is 0 Å². The molecule has 1 fully saturated rings. The van der Waals surface area contributed by atoms with E-state index in [-0.39, 0.29) is 18.1 Å². The summed E-state index contributed by atoms with van der Waals surface area (Å²) in [6.45, 7) is 6.26. The summed E-state index contributed by atoms with van der Waals surface area (Å²) in [5, 5.41) is 3.01. The van der Waals surface area contributed by atoms with E-state index in [0.717, 1.165) is 49.2 Å². The molecule has 2 atom stereocenters. The van der Waals surface area contributed by atoms with E-state index in [4.69, 9.17) is 14.2 Å². The predicted octanol–water partition coefficient (Wildman–Crippen LogP) is 2.62. The largest absolute Gasteiger partial charge is 0.486 e. The van der Waals surface area contributed by atoms with E-state index in [2.05, 4.69) is 10.2 Å². The summed E-state index contributed by atoms with van der Waals surface area (Å²) in [6.07, 6.45) is -0.118. The van der Waals surface area contributed by atoms with Gasteiger partial charge < -0.3 is 24.4 Å². The van der Waals surface area contributed by atoms with E-state index in [9.17, 15) is 4.79 Å². The first kappa shape index (κ1) is 20.5. The number of ether oxygens (including phenoxy) is 3. The van der Waals surface area contributed by atoms with Crippen molar-refractivity contribution in [2.45, 2.75) is 19.1 Å². The lowest BCUT2D eigenvalue weighted by atomic mass is 10.2. The molecule has 0 aliphatic carbocycles. The summed E-state index contributed by atoms with van der Waals surface area (Å²) in [5.41, 5.74) is 1.94. The molecular weight excluding hydrogens is 382 g/mol. The third kappa shape index (κ3) is 4.86.